The zero-order valence-corrected chi connectivity index (χ0v) is 20.3. The number of rotatable bonds is 5. The highest BCUT2D eigenvalue weighted by Gasteiger charge is 2.62. The third kappa shape index (κ3) is 3.70. The van der Waals surface area contributed by atoms with Crippen molar-refractivity contribution in [3.05, 3.63) is 11.9 Å². The van der Waals surface area contributed by atoms with E-state index >= 15 is 0 Å². The van der Waals surface area contributed by atoms with Crippen LogP contribution < -0.4 is 0 Å². The second-order valence-electron chi connectivity index (χ2n) is 12.9. The molecule has 0 aromatic carbocycles. The highest BCUT2D eigenvalue weighted by molar-refractivity contribution is 5.82. The van der Waals surface area contributed by atoms with Crippen LogP contribution in [0.2, 0.25) is 0 Å². The molecule has 5 fully saturated rings. The molecule has 0 spiro atoms. The number of carbonyl (C=O) groups excluding carboxylic acids is 1. The molecule has 5 nitrogen and oxygen atoms in total. The van der Waals surface area contributed by atoms with Gasteiger partial charge in [0.05, 0.1) is 24.2 Å². The monoisotopic (exact) mass is 457 g/mol. The Labute approximate surface area is 196 Å². The quantitative estimate of drug-likeness (QED) is 0.680. The van der Waals surface area contributed by atoms with Crippen LogP contribution in [0.25, 0.3) is 0 Å². The number of Topliss-reactive ketones (excluding diaryl/α,β-unsaturated/α-hetero) is 1. The first-order chi connectivity index (χ1) is 15.8. The number of nitrogens with zero attached hydrogens (tertiary/aromatic N) is 3. The fraction of sp³-hybridized carbons (Fsp3) is 0.889. The van der Waals surface area contributed by atoms with Crippen LogP contribution in [0.5, 0.6) is 0 Å². The minimum atomic E-state index is -0.510. The highest BCUT2D eigenvalue weighted by atomic mass is 19.1. The van der Waals surface area contributed by atoms with Gasteiger partial charge in [-0.2, -0.15) is 15.0 Å². The minimum Gasteiger partial charge on any atom is -0.390 e. The van der Waals surface area contributed by atoms with Crippen molar-refractivity contribution in [2.45, 2.75) is 96.1 Å². The van der Waals surface area contributed by atoms with Gasteiger partial charge in [0.1, 0.15) is 6.54 Å². The van der Waals surface area contributed by atoms with Gasteiger partial charge in [0.15, 0.2) is 5.78 Å². The molecule has 1 aromatic rings. The molecule has 0 amide bonds. The van der Waals surface area contributed by atoms with Crippen molar-refractivity contribution in [2.24, 2.45) is 46.8 Å². The van der Waals surface area contributed by atoms with E-state index in [1.54, 1.807) is 4.80 Å². The first kappa shape index (κ1) is 22.2. The SMILES string of the molecule is C[C@@]1(O)CC[C@H]2[C@H](CC[C@@H]3[C@@H]2CC[C@]2(C)[C@@H](C(=O)Cn4ncc(C5CC5)n4)CC(CF)[C@@H]32)C1. The maximum absolute atomic E-state index is 14.4. The Morgan fingerprint density at radius 3 is 2.67 bits per heavy atom. The number of carbonyl (C=O) groups is 1. The summed E-state index contributed by atoms with van der Waals surface area (Å²) in [6, 6.07) is 0. The molecule has 1 aromatic heterocycles. The summed E-state index contributed by atoms with van der Waals surface area (Å²) < 4.78 is 14.4. The molecule has 9 atom stereocenters. The fourth-order valence-electron chi connectivity index (χ4n) is 9.23. The number of halogens is 1. The molecule has 0 bridgehead atoms. The van der Waals surface area contributed by atoms with Gasteiger partial charge in [-0.1, -0.05) is 6.92 Å². The number of ketones is 1. The molecule has 5 aliphatic rings. The van der Waals surface area contributed by atoms with Crippen LogP contribution >= 0.6 is 0 Å². The zero-order chi connectivity index (χ0) is 23.0. The number of hydrogen-bond donors (Lipinski definition) is 1. The van der Waals surface area contributed by atoms with Crippen LogP contribution in [0.3, 0.4) is 0 Å². The summed E-state index contributed by atoms with van der Waals surface area (Å²) in [4.78, 5) is 15.1. The number of aliphatic hydroxyl groups is 1. The fourth-order valence-corrected chi connectivity index (χ4v) is 9.23. The first-order valence-corrected chi connectivity index (χ1v) is 13.5. The van der Waals surface area contributed by atoms with Crippen molar-refractivity contribution >= 4 is 5.78 Å². The van der Waals surface area contributed by atoms with E-state index < -0.39 is 5.60 Å². The van der Waals surface area contributed by atoms with E-state index in [9.17, 15) is 14.3 Å². The highest BCUT2D eigenvalue weighted by Crippen LogP contribution is 2.66. The maximum Gasteiger partial charge on any atom is 0.159 e. The first-order valence-electron chi connectivity index (χ1n) is 13.5. The van der Waals surface area contributed by atoms with Crippen molar-refractivity contribution < 1.29 is 14.3 Å². The van der Waals surface area contributed by atoms with Crippen molar-refractivity contribution in [1.29, 1.82) is 0 Å². The summed E-state index contributed by atoms with van der Waals surface area (Å²) in [5, 5.41) is 19.6. The Balaban J connectivity index is 1.21. The molecule has 1 unspecified atom stereocenters. The van der Waals surface area contributed by atoms with Gasteiger partial charge in [-0.3, -0.25) is 9.18 Å². The molecule has 33 heavy (non-hydrogen) atoms. The van der Waals surface area contributed by atoms with E-state index in [0.717, 1.165) is 50.6 Å². The van der Waals surface area contributed by atoms with Crippen molar-refractivity contribution in [3.8, 4) is 0 Å². The van der Waals surface area contributed by atoms with Crippen molar-refractivity contribution in [3.63, 3.8) is 0 Å². The number of alkyl halides is 1. The molecule has 5 aliphatic carbocycles. The topological polar surface area (TPSA) is 68.0 Å². The molecular formula is C27H40FN3O2. The molecule has 0 saturated heterocycles. The Kier molecular flexibility index (Phi) is 5.28. The lowest BCUT2D eigenvalue weighted by atomic mass is 9.48. The number of aromatic nitrogens is 3. The minimum absolute atomic E-state index is 0.00704. The van der Waals surface area contributed by atoms with Gasteiger partial charge in [-0.15, -0.1) is 0 Å². The molecule has 5 saturated carbocycles. The summed E-state index contributed by atoms with van der Waals surface area (Å²) in [6.45, 7) is 4.23. The molecule has 6 heteroatoms. The summed E-state index contributed by atoms with van der Waals surface area (Å²) in [5.74, 6) is 3.46. The lowest BCUT2D eigenvalue weighted by Gasteiger charge is -2.57. The van der Waals surface area contributed by atoms with E-state index in [1.807, 2.05) is 13.1 Å². The average molecular weight is 458 g/mol. The molecular weight excluding hydrogens is 417 g/mol. The second kappa shape index (κ2) is 7.86. The van der Waals surface area contributed by atoms with Gasteiger partial charge in [0.25, 0.3) is 0 Å². The lowest BCUT2D eigenvalue weighted by molar-refractivity contribution is -0.134. The van der Waals surface area contributed by atoms with Crippen LogP contribution in [-0.2, 0) is 11.3 Å². The predicted molar refractivity (Wildman–Crippen MR) is 123 cm³/mol. The van der Waals surface area contributed by atoms with Gasteiger partial charge >= 0.3 is 0 Å². The van der Waals surface area contributed by atoms with Crippen LogP contribution in [0, 0.1) is 46.8 Å². The van der Waals surface area contributed by atoms with Crippen LogP contribution in [0.4, 0.5) is 4.39 Å². The van der Waals surface area contributed by atoms with E-state index in [0.29, 0.717) is 41.9 Å². The summed E-state index contributed by atoms with van der Waals surface area (Å²) >= 11 is 0. The predicted octanol–water partition coefficient (Wildman–Crippen LogP) is 4.94. The molecule has 0 aliphatic heterocycles. The summed E-state index contributed by atoms with van der Waals surface area (Å²) in [7, 11) is 0. The molecule has 1 N–H and O–H groups in total. The summed E-state index contributed by atoms with van der Waals surface area (Å²) in [6.07, 6.45) is 12.3. The molecule has 1 heterocycles. The number of hydrogen-bond acceptors (Lipinski definition) is 4. The van der Waals surface area contributed by atoms with E-state index in [1.165, 1.54) is 12.8 Å². The Morgan fingerprint density at radius 2 is 1.91 bits per heavy atom. The van der Waals surface area contributed by atoms with Crippen LogP contribution in [0.15, 0.2) is 6.20 Å². The molecule has 182 valence electrons. The number of fused-ring (bicyclic) bond motifs is 5. The maximum atomic E-state index is 14.4. The Morgan fingerprint density at radius 1 is 1.12 bits per heavy atom. The largest absolute Gasteiger partial charge is 0.390 e. The normalized spacial score (nSPS) is 47.0. The van der Waals surface area contributed by atoms with E-state index in [2.05, 4.69) is 17.1 Å². The average Bonchev–Trinajstić information content (AvgIpc) is 3.44. The molecule has 0 radical (unpaired) electrons. The van der Waals surface area contributed by atoms with Gasteiger partial charge in [0.2, 0.25) is 0 Å². The van der Waals surface area contributed by atoms with Gasteiger partial charge in [-0.25, -0.2) is 0 Å². The summed E-state index contributed by atoms with van der Waals surface area (Å²) in [5.41, 5.74) is 0.404. The van der Waals surface area contributed by atoms with Crippen molar-refractivity contribution in [2.75, 3.05) is 6.67 Å². The van der Waals surface area contributed by atoms with E-state index in [-0.39, 0.29) is 36.3 Å². The van der Waals surface area contributed by atoms with Crippen LogP contribution in [0.1, 0.15) is 89.7 Å². The lowest BCUT2D eigenvalue weighted by Crippen LogP contribution is -2.52. The second-order valence-corrected chi connectivity index (χ2v) is 12.9. The third-order valence-electron chi connectivity index (χ3n) is 10.8. The Hall–Kier alpha value is -1.30. The third-order valence-corrected chi connectivity index (χ3v) is 10.8. The van der Waals surface area contributed by atoms with Gasteiger partial charge < -0.3 is 5.11 Å². The van der Waals surface area contributed by atoms with Crippen molar-refractivity contribution in [1.82, 2.24) is 15.0 Å². The van der Waals surface area contributed by atoms with Gasteiger partial charge in [0, 0.05) is 11.8 Å². The molecule has 6 rings (SSSR count). The van der Waals surface area contributed by atoms with Crippen LogP contribution in [-0.4, -0.2) is 38.2 Å². The smallest absolute Gasteiger partial charge is 0.159 e. The Bertz CT molecular complexity index is 911. The van der Waals surface area contributed by atoms with E-state index in [4.69, 9.17) is 0 Å². The standard InChI is InChI=1S/C27H40FN3O2/c1-26(33)9-7-19-17(12-26)5-6-21-20(19)8-10-27(2)22(11-18(13-28)25(21)27)24(32)15-31-29-14-23(30-31)16-3-4-16/h14,16-22,25,33H,3-13,15H2,1-2H3/t17-,18?,19+,20-,21-,22-,25+,26-,27-/m1/s1. The zero-order valence-electron chi connectivity index (χ0n) is 20.3. The van der Waals surface area contributed by atoms with Gasteiger partial charge in [-0.05, 0) is 112 Å².